The Balaban J connectivity index is 2.21. The molecule has 0 saturated heterocycles. The highest BCUT2D eigenvalue weighted by Gasteiger charge is 2.27. The number of nitrogens with one attached hydrogen (secondary N) is 1. The van der Waals surface area contributed by atoms with E-state index in [0.29, 0.717) is 11.3 Å². The zero-order chi connectivity index (χ0) is 11.5. The van der Waals surface area contributed by atoms with Crippen molar-refractivity contribution >= 4 is 6.09 Å². The summed E-state index contributed by atoms with van der Waals surface area (Å²) in [4.78, 5) is 11.1. The van der Waals surface area contributed by atoms with Gasteiger partial charge in [0.1, 0.15) is 12.4 Å². The van der Waals surface area contributed by atoms with Crippen LogP contribution >= 0.6 is 0 Å². The molecule has 0 fully saturated rings. The number of ether oxygens (including phenoxy) is 2. The van der Waals surface area contributed by atoms with Crippen LogP contribution < -0.4 is 10.1 Å². The molecular weight excluding hydrogens is 208 g/mol. The van der Waals surface area contributed by atoms with E-state index in [9.17, 15) is 4.79 Å². The van der Waals surface area contributed by atoms with Crippen LogP contribution in [-0.2, 0) is 4.74 Å². The number of carbonyl (C=O) groups is 1. The fraction of sp³-hybridized carbons (Fsp3) is 0.273. The first-order valence-corrected chi connectivity index (χ1v) is 4.80. The lowest BCUT2D eigenvalue weighted by molar-refractivity contribution is 0.0845. The first-order chi connectivity index (χ1) is 7.74. The van der Waals surface area contributed by atoms with Crippen molar-refractivity contribution < 1.29 is 14.3 Å². The molecular formula is C11H10N2O3. The summed E-state index contributed by atoms with van der Waals surface area (Å²) in [7, 11) is 1.50. The van der Waals surface area contributed by atoms with Gasteiger partial charge in [-0.2, -0.15) is 5.26 Å². The summed E-state index contributed by atoms with van der Waals surface area (Å²) >= 11 is 0. The maximum atomic E-state index is 11.1. The fourth-order valence-corrected chi connectivity index (χ4v) is 1.54. The second-order valence-electron chi connectivity index (χ2n) is 3.32. The lowest BCUT2D eigenvalue weighted by Gasteiger charge is -2.09. The minimum Gasteiger partial charge on any atom is -0.489 e. The molecule has 1 atom stereocenters. The van der Waals surface area contributed by atoms with Gasteiger partial charge in [0.2, 0.25) is 0 Å². The van der Waals surface area contributed by atoms with Gasteiger partial charge in [0.25, 0.3) is 0 Å². The van der Waals surface area contributed by atoms with Gasteiger partial charge in [-0.15, -0.1) is 0 Å². The number of alkyl carbamates (subject to hydrolysis) is 1. The van der Waals surface area contributed by atoms with Crippen LogP contribution in [0, 0.1) is 11.3 Å². The third kappa shape index (κ3) is 1.77. The summed E-state index contributed by atoms with van der Waals surface area (Å²) < 4.78 is 10.4. The molecule has 5 heteroatoms. The molecule has 1 aliphatic heterocycles. The van der Waals surface area contributed by atoms with Crippen LogP contribution in [0.5, 0.6) is 5.75 Å². The highest BCUT2D eigenvalue weighted by molar-refractivity contribution is 5.67. The Labute approximate surface area is 92.6 Å². The molecule has 1 aliphatic rings. The largest absolute Gasteiger partial charge is 0.489 e. The van der Waals surface area contributed by atoms with E-state index < -0.39 is 12.2 Å². The Hall–Kier alpha value is -2.22. The first-order valence-electron chi connectivity index (χ1n) is 4.80. The summed E-state index contributed by atoms with van der Waals surface area (Å²) in [6.07, 6.45) is -0.895. The Morgan fingerprint density at radius 1 is 1.69 bits per heavy atom. The fourth-order valence-electron chi connectivity index (χ4n) is 1.54. The number of fused-ring (bicyclic) bond motifs is 1. The summed E-state index contributed by atoms with van der Waals surface area (Å²) in [6.45, 7) is 0.289. The molecule has 0 radical (unpaired) electrons. The van der Waals surface area contributed by atoms with E-state index in [4.69, 9.17) is 14.7 Å². The number of nitriles is 1. The van der Waals surface area contributed by atoms with Crippen molar-refractivity contribution in [1.29, 1.82) is 5.26 Å². The molecule has 0 bridgehead atoms. The topological polar surface area (TPSA) is 71.3 Å². The van der Waals surface area contributed by atoms with Gasteiger partial charge in [0.15, 0.2) is 6.10 Å². The average Bonchev–Trinajstić information content (AvgIpc) is 2.71. The second kappa shape index (κ2) is 4.11. The molecule has 0 saturated carbocycles. The van der Waals surface area contributed by atoms with Crippen LogP contribution in [0.15, 0.2) is 18.2 Å². The predicted octanol–water partition coefficient (Wildman–Crippen LogP) is 1.35. The quantitative estimate of drug-likeness (QED) is 0.772. The van der Waals surface area contributed by atoms with Crippen LogP contribution in [0.3, 0.4) is 0 Å². The maximum absolute atomic E-state index is 11.1. The molecule has 0 unspecified atom stereocenters. The van der Waals surface area contributed by atoms with E-state index in [1.807, 2.05) is 6.07 Å². The monoisotopic (exact) mass is 218 g/mol. The number of benzene rings is 1. The molecule has 2 rings (SSSR count). The highest BCUT2D eigenvalue weighted by Crippen LogP contribution is 2.35. The van der Waals surface area contributed by atoms with Gasteiger partial charge in [0.05, 0.1) is 11.6 Å². The van der Waals surface area contributed by atoms with Crippen molar-refractivity contribution in [3.63, 3.8) is 0 Å². The molecule has 1 aromatic carbocycles. The van der Waals surface area contributed by atoms with Crippen molar-refractivity contribution in [3.8, 4) is 11.8 Å². The van der Waals surface area contributed by atoms with Gasteiger partial charge >= 0.3 is 6.09 Å². The second-order valence-corrected chi connectivity index (χ2v) is 3.32. The van der Waals surface area contributed by atoms with E-state index >= 15 is 0 Å². The molecule has 82 valence electrons. The van der Waals surface area contributed by atoms with Gasteiger partial charge in [-0.25, -0.2) is 4.79 Å². The van der Waals surface area contributed by atoms with Crippen LogP contribution in [0.4, 0.5) is 4.79 Å². The molecule has 0 aliphatic carbocycles. The number of carbonyl (C=O) groups excluding carboxylic acids is 1. The smallest absolute Gasteiger partial charge is 0.407 e. The molecule has 1 heterocycles. The minimum absolute atomic E-state index is 0.289. The SMILES string of the molecule is CNC(=O)O[C@@H]1COc2cc(C#N)ccc21. The molecule has 0 spiro atoms. The molecule has 0 aromatic heterocycles. The lowest BCUT2D eigenvalue weighted by Crippen LogP contribution is -2.22. The van der Waals surface area contributed by atoms with Crippen LogP contribution in [0.2, 0.25) is 0 Å². The van der Waals surface area contributed by atoms with E-state index in [-0.39, 0.29) is 6.61 Å². The van der Waals surface area contributed by atoms with Crippen LogP contribution in [0.1, 0.15) is 17.2 Å². The molecule has 1 amide bonds. The summed E-state index contributed by atoms with van der Waals surface area (Å²) in [5.41, 5.74) is 1.32. The van der Waals surface area contributed by atoms with E-state index in [1.54, 1.807) is 18.2 Å². The predicted molar refractivity (Wildman–Crippen MR) is 54.9 cm³/mol. The van der Waals surface area contributed by atoms with Gasteiger partial charge in [-0.1, -0.05) is 6.07 Å². The number of hydrogen-bond donors (Lipinski definition) is 1. The zero-order valence-electron chi connectivity index (χ0n) is 8.69. The molecule has 1 aromatic rings. The van der Waals surface area contributed by atoms with Gasteiger partial charge in [0, 0.05) is 12.6 Å². The van der Waals surface area contributed by atoms with Crippen LogP contribution in [0.25, 0.3) is 0 Å². The minimum atomic E-state index is -0.495. The van der Waals surface area contributed by atoms with Crippen molar-refractivity contribution in [3.05, 3.63) is 29.3 Å². The molecule has 16 heavy (non-hydrogen) atoms. The summed E-state index contributed by atoms with van der Waals surface area (Å²) in [5.74, 6) is 0.605. The maximum Gasteiger partial charge on any atom is 0.407 e. The average molecular weight is 218 g/mol. The Morgan fingerprint density at radius 2 is 2.50 bits per heavy atom. The van der Waals surface area contributed by atoms with Crippen molar-refractivity contribution in [2.24, 2.45) is 0 Å². The number of nitrogens with zero attached hydrogens (tertiary/aromatic N) is 1. The first kappa shape index (κ1) is 10.3. The Bertz CT molecular complexity index is 465. The van der Waals surface area contributed by atoms with Gasteiger partial charge < -0.3 is 14.8 Å². The third-order valence-electron chi connectivity index (χ3n) is 2.33. The van der Waals surface area contributed by atoms with Crippen molar-refractivity contribution in [2.45, 2.75) is 6.10 Å². The molecule has 1 N–H and O–H groups in total. The standard InChI is InChI=1S/C11H10N2O3/c1-13-11(14)16-10-6-15-9-4-7(5-12)2-3-8(9)10/h2-4,10H,6H2,1H3,(H,13,14)/t10-/m1/s1. The van der Waals surface area contributed by atoms with E-state index in [0.717, 1.165) is 5.56 Å². The Morgan fingerprint density at radius 3 is 3.19 bits per heavy atom. The van der Waals surface area contributed by atoms with Gasteiger partial charge in [-0.3, -0.25) is 0 Å². The van der Waals surface area contributed by atoms with Crippen molar-refractivity contribution in [2.75, 3.05) is 13.7 Å². The Kier molecular flexibility index (Phi) is 2.64. The van der Waals surface area contributed by atoms with E-state index in [1.165, 1.54) is 7.05 Å². The van der Waals surface area contributed by atoms with E-state index in [2.05, 4.69) is 5.32 Å². The summed E-state index contributed by atoms with van der Waals surface area (Å²) in [5, 5.41) is 11.1. The molecule has 5 nitrogen and oxygen atoms in total. The number of rotatable bonds is 1. The van der Waals surface area contributed by atoms with Gasteiger partial charge in [-0.05, 0) is 12.1 Å². The van der Waals surface area contributed by atoms with Crippen LogP contribution in [-0.4, -0.2) is 19.7 Å². The number of amides is 1. The third-order valence-corrected chi connectivity index (χ3v) is 2.33. The number of hydrogen-bond acceptors (Lipinski definition) is 4. The summed E-state index contributed by atoms with van der Waals surface area (Å²) in [6, 6.07) is 7.08. The highest BCUT2D eigenvalue weighted by atomic mass is 16.6. The normalized spacial score (nSPS) is 16.9. The van der Waals surface area contributed by atoms with Crippen molar-refractivity contribution in [1.82, 2.24) is 5.32 Å². The lowest BCUT2D eigenvalue weighted by atomic mass is 10.1. The zero-order valence-corrected chi connectivity index (χ0v) is 8.69.